The molecule has 0 radical (unpaired) electrons. The number of carbonyl (C=O) groups is 1. The third-order valence-corrected chi connectivity index (χ3v) is 3.00. The first-order valence-corrected chi connectivity index (χ1v) is 5.74. The smallest absolute Gasteiger partial charge is 0.252 e. The van der Waals surface area contributed by atoms with Gasteiger partial charge in [-0.2, -0.15) is 0 Å². The van der Waals surface area contributed by atoms with Crippen LogP contribution in [0.5, 0.6) is 0 Å². The molecule has 2 N–H and O–H groups in total. The highest BCUT2D eigenvalue weighted by Crippen LogP contribution is 2.14. The maximum absolute atomic E-state index is 11.9. The summed E-state index contributed by atoms with van der Waals surface area (Å²) >= 11 is 0. The number of carbonyl (C=O) groups excluding carboxylic acids is 1. The topological polar surface area (TPSA) is 71.2 Å². The van der Waals surface area contributed by atoms with Crippen LogP contribution < -0.4 is 10.9 Å². The number of aromatic amines is 1. The Bertz CT molecular complexity index is 435. The van der Waals surface area contributed by atoms with Crippen LogP contribution in [0.3, 0.4) is 0 Å². The molecular weight excluding hydrogens is 220 g/mol. The number of aromatic nitrogens is 1. The van der Waals surface area contributed by atoms with Crippen molar-refractivity contribution in [1.29, 1.82) is 0 Å². The first-order valence-electron chi connectivity index (χ1n) is 5.74. The molecule has 1 aromatic rings. The van der Waals surface area contributed by atoms with E-state index in [1.165, 1.54) is 18.3 Å². The van der Waals surface area contributed by atoms with Crippen molar-refractivity contribution in [3.05, 3.63) is 34.2 Å². The van der Waals surface area contributed by atoms with Gasteiger partial charge in [0, 0.05) is 24.9 Å². The molecular formula is C12H16N2O3. The minimum absolute atomic E-state index is 0.142. The van der Waals surface area contributed by atoms with Crippen molar-refractivity contribution in [2.45, 2.75) is 19.4 Å². The highest BCUT2D eigenvalue weighted by molar-refractivity contribution is 5.94. The Kier molecular flexibility index (Phi) is 3.58. The fraction of sp³-hybridized carbons (Fsp3) is 0.500. The number of amides is 1. The van der Waals surface area contributed by atoms with E-state index in [1.54, 1.807) is 0 Å². The lowest BCUT2D eigenvalue weighted by molar-refractivity contribution is 0.0375. The third-order valence-electron chi connectivity index (χ3n) is 3.00. The Morgan fingerprint density at radius 2 is 2.35 bits per heavy atom. The minimum atomic E-state index is -0.207. The maximum atomic E-state index is 11.9. The molecule has 5 nitrogen and oxygen atoms in total. The molecule has 0 saturated carbocycles. The summed E-state index contributed by atoms with van der Waals surface area (Å²) in [4.78, 5) is 25.3. The Hall–Kier alpha value is -1.62. The molecule has 2 heterocycles. The fourth-order valence-electron chi connectivity index (χ4n) is 1.90. The second-order valence-electron chi connectivity index (χ2n) is 4.36. The van der Waals surface area contributed by atoms with E-state index in [4.69, 9.17) is 4.74 Å². The van der Waals surface area contributed by atoms with Crippen LogP contribution >= 0.6 is 0 Å². The van der Waals surface area contributed by atoms with Gasteiger partial charge in [0.05, 0.1) is 12.2 Å². The Morgan fingerprint density at radius 1 is 1.53 bits per heavy atom. The highest BCUT2D eigenvalue weighted by atomic mass is 16.5. The second-order valence-corrected chi connectivity index (χ2v) is 4.36. The number of rotatable bonds is 2. The van der Waals surface area contributed by atoms with Gasteiger partial charge >= 0.3 is 0 Å². The molecule has 1 aromatic heterocycles. The quantitative estimate of drug-likeness (QED) is 0.786. The van der Waals surface area contributed by atoms with Crippen molar-refractivity contribution < 1.29 is 9.53 Å². The van der Waals surface area contributed by atoms with Crippen molar-refractivity contribution in [2.24, 2.45) is 5.92 Å². The Morgan fingerprint density at radius 3 is 3.00 bits per heavy atom. The molecule has 1 amide bonds. The predicted molar refractivity (Wildman–Crippen MR) is 62.9 cm³/mol. The van der Waals surface area contributed by atoms with Crippen LogP contribution in [0.1, 0.15) is 23.7 Å². The van der Waals surface area contributed by atoms with Crippen LogP contribution in [0.2, 0.25) is 0 Å². The molecule has 0 aliphatic carbocycles. The first-order chi connectivity index (χ1) is 8.16. The summed E-state index contributed by atoms with van der Waals surface area (Å²) in [5, 5.41) is 2.96. The molecule has 1 fully saturated rings. The predicted octanol–water partition coefficient (Wildman–Crippen LogP) is 0.530. The van der Waals surface area contributed by atoms with E-state index in [0.29, 0.717) is 24.7 Å². The van der Waals surface area contributed by atoms with Gasteiger partial charge in [0.15, 0.2) is 0 Å². The number of nitrogens with one attached hydrogen (secondary N) is 2. The summed E-state index contributed by atoms with van der Waals surface area (Å²) in [6.07, 6.45) is 2.26. The van der Waals surface area contributed by atoms with Crippen molar-refractivity contribution in [3.8, 4) is 0 Å². The van der Waals surface area contributed by atoms with Gasteiger partial charge in [0.2, 0.25) is 5.56 Å². The monoisotopic (exact) mass is 236 g/mol. The molecule has 1 aliphatic rings. The van der Waals surface area contributed by atoms with E-state index >= 15 is 0 Å². The molecule has 2 unspecified atom stereocenters. The first kappa shape index (κ1) is 11.9. The third kappa shape index (κ3) is 2.94. The average molecular weight is 236 g/mol. The molecule has 0 aromatic carbocycles. The average Bonchev–Trinajstić information content (AvgIpc) is 2.33. The molecule has 0 bridgehead atoms. The zero-order valence-corrected chi connectivity index (χ0v) is 9.73. The van der Waals surface area contributed by atoms with Gasteiger partial charge in [0.1, 0.15) is 0 Å². The van der Waals surface area contributed by atoms with Crippen LogP contribution in [0.15, 0.2) is 23.1 Å². The standard InChI is InChI=1S/C12H16N2O3/c1-8-7-17-5-4-10(8)14-12(16)9-2-3-11(15)13-6-9/h2-3,6,8,10H,4-5,7H2,1H3,(H,13,15)(H,14,16). The largest absolute Gasteiger partial charge is 0.381 e. The van der Waals surface area contributed by atoms with E-state index in [9.17, 15) is 9.59 Å². The van der Waals surface area contributed by atoms with Crippen molar-refractivity contribution in [2.75, 3.05) is 13.2 Å². The minimum Gasteiger partial charge on any atom is -0.381 e. The molecule has 17 heavy (non-hydrogen) atoms. The van der Waals surface area contributed by atoms with E-state index in [1.807, 2.05) is 0 Å². The number of hydrogen-bond donors (Lipinski definition) is 2. The molecule has 2 rings (SSSR count). The lowest BCUT2D eigenvalue weighted by atomic mass is 9.97. The van der Waals surface area contributed by atoms with Gasteiger partial charge in [-0.1, -0.05) is 6.92 Å². The molecule has 92 valence electrons. The fourth-order valence-corrected chi connectivity index (χ4v) is 1.90. The zero-order chi connectivity index (χ0) is 12.3. The summed E-state index contributed by atoms with van der Waals surface area (Å²) in [6, 6.07) is 3.02. The number of pyridine rings is 1. The van der Waals surface area contributed by atoms with Crippen molar-refractivity contribution in [1.82, 2.24) is 10.3 Å². The Labute approximate surface area is 99.2 Å². The maximum Gasteiger partial charge on any atom is 0.252 e. The van der Waals surface area contributed by atoms with E-state index < -0.39 is 0 Å². The molecule has 0 spiro atoms. The number of H-pyrrole nitrogens is 1. The van der Waals surface area contributed by atoms with Crippen LogP contribution in [0.25, 0.3) is 0 Å². The lowest BCUT2D eigenvalue weighted by Crippen LogP contribution is -2.44. The summed E-state index contributed by atoms with van der Waals surface area (Å²) in [7, 11) is 0. The summed E-state index contributed by atoms with van der Waals surface area (Å²) in [5.74, 6) is 0.162. The molecule has 1 aliphatic heterocycles. The molecule has 1 saturated heterocycles. The molecule has 2 atom stereocenters. The summed E-state index contributed by atoms with van der Waals surface area (Å²) < 4.78 is 5.32. The highest BCUT2D eigenvalue weighted by Gasteiger charge is 2.23. The second kappa shape index (κ2) is 5.14. The normalized spacial score (nSPS) is 24.3. The van der Waals surface area contributed by atoms with Gasteiger partial charge in [-0.15, -0.1) is 0 Å². The van der Waals surface area contributed by atoms with Crippen LogP contribution in [0.4, 0.5) is 0 Å². The van der Waals surface area contributed by atoms with Crippen LogP contribution in [0, 0.1) is 5.92 Å². The van der Waals surface area contributed by atoms with Crippen LogP contribution in [-0.2, 0) is 4.74 Å². The summed E-state index contributed by atoms with van der Waals surface area (Å²) in [6.45, 7) is 3.41. The van der Waals surface area contributed by atoms with Gasteiger partial charge in [-0.25, -0.2) is 0 Å². The van der Waals surface area contributed by atoms with E-state index in [2.05, 4.69) is 17.2 Å². The molecule has 5 heteroatoms. The van der Waals surface area contributed by atoms with E-state index in [0.717, 1.165) is 6.42 Å². The lowest BCUT2D eigenvalue weighted by Gasteiger charge is -2.29. The van der Waals surface area contributed by atoms with Crippen molar-refractivity contribution >= 4 is 5.91 Å². The summed E-state index contributed by atoms with van der Waals surface area (Å²) in [5.41, 5.74) is 0.268. The number of hydrogen-bond acceptors (Lipinski definition) is 3. The van der Waals surface area contributed by atoms with Crippen molar-refractivity contribution in [3.63, 3.8) is 0 Å². The number of ether oxygens (including phenoxy) is 1. The van der Waals surface area contributed by atoms with Gasteiger partial charge < -0.3 is 15.0 Å². The van der Waals surface area contributed by atoms with Gasteiger partial charge in [-0.05, 0) is 18.4 Å². The van der Waals surface area contributed by atoms with Gasteiger partial charge in [0.25, 0.3) is 5.91 Å². The van der Waals surface area contributed by atoms with E-state index in [-0.39, 0.29) is 17.5 Å². The van der Waals surface area contributed by atoms with Gasteiger partial charge in [-0.3, -0.25) is 9.59 Å². The van der Waals surface area contributed by atoms with Crippen LogP contribution in [-0.4, -0.2) is 30.1 Å². The Balaban J connectivity index is 2.01. The SMILES string of the molecule is CC1COCCC1NC(=O)c1ccc(=O)[nH]c1. The zero-order valence-electron chi connectivity index (χ0n) is 9.73.